The fourth-order valence-corrected chi connectivity index (χ4v) is 3.38. The summed E-state index contributed by atoms with van der Waals surface area (Å²) in [5.41, 5.74) is 0.551. The number of methoxy groups -OCH3 is 1. The Morgan fingerprint density at radius 1 is 1.20 bits per heavy atom. The van der Waals surface area contributed by atoms with Gasteiger partial charge in [-0.1, -0.05) is 6.42 Å². The number of carbonyl (C=O) groups is 2. The van der Waals surface area contributed by atoms with E-state index < -0.39 is 0 Å². The molecule has 0 spiro atoms. The number of piperidine rings is 1. The number of fused-ring (bicyclic) bond motifs is 1. The maximum absolute atomic E-state index is 12.5. The molecule has 4 heteroatoms. The van der Waals surface area contributed by atoms with Crippen LogP contribution in [0.25, 0.3) is 0 Å². The van der Waals surface area contributed by atoms with E-state index in [4.69, 9.17) is 4.74 Å². The highest BCUT2D eigenvalue weighted by Gasteiger charge is 2.39. The van der Waals surface area contributed by atoms with Gasteiger partial charge in [0.2, 0.25) is 5.91 Å². The zero-order chi connectivity index (χ0) is 14.1. The van der Waals surface area contributed by atoms with Gasteiger partial charge < -0.3 is 4.74 Å². The lowest BCUT2D eigenvalue weighted by molar-refractivity contribution is -0.133. The fourth-order valence-electron chi connectivity index (χ4n) is 3.38. The Bertz CT molecular complexity index is 523. The Morgan fingerprint density at radius 3 is 2.60 bits per heavy atom. The molecule has 1 aliphatic heterocycles. The molecular formula is C16H19NO3. The first-order valence-electron chi connectivity index (χ1n) is 7.18. The summed E-state index contributed by atoms with van der Waals surface area (Å²) in [4.78, 5) is 26.1. The van der Waals surface area contributed by atoms with Crippen molar-refractivity contribution in [3.8, 4) is 5.75 Å². The van der Waals surface area contributed by atoms with Gasteiger partial charge in [-0.2, -0.15) is 0 Å². The van der Waals surface area contributed by atoms with Crippen LogP contribution in [0.2, 0.25) is 0 Å². The molecule has 1 aromatic carbocycles. The molecular weight excluding hydrogens is 254 g/mol. The summed E-state index contributed by atoms with van der Waals surface area (Å²) in [7, 11) is 1.59. The fraction of sp³-hybridized carbons (Fsp3) is 0.500. The van der Waals surface area contributed by atoms with Gasteiger partial charge in [0.1, 0.15) is 5.75 Å². The maximum Gasteiger partial charge on any atom is 0.260 e. The van der Waals surface area contributed by atoms with Crippen LogP contribution in [0.15, 0.2) is 24.3 Å². The first-order chi connectivity index (χ1) is 9.69. The third kappa shape index (κ3) is 2.30. The van der Waals surface area contributed by atoms with Gasteiger partial charge in [-0.25, -0.2) is 0 Å². The van der Waals surface area contributed by atoms with Crippen molar-refractivity contribution in [3.05, 3.63) is 29.8 Å². The van der Waals surface area contributed by atoms with E-state index in [1.54, 1.807) is 31.4 Å². The van der Waals surface area contributed by atoms with E-state index in [1.807, 2.05) is 0 Å². The van der Waals surface area contributed by atoms with E-state index in [0.29, 0.717) is 36.1 Å². The zero-order valence-corrected chi connectivity index (χ0v) is 11.7. The van der Waals surface area contributed by atoms with Crippen molar-refractivity contribution in [2.24, 2.45) is 11.8 Å². The second-order valence-corrected chi connectivity index (χ2v) is 5.69. The minimum absolute atomic E-state index is 0.0195. The number of nitrogens with zero attached hydrogens (tertiary/aromatic N) is 1. The van der Waals surface area contributed by atoms with Crippen LogP contribution in [0, 0.1) is 11.8 Å². The minimum Gasteiger partial charge on any atom is -0.497 e. The highest BCUT2D eigenvalue weighted by atomic mass is 16.5. The standard InChI is InChI=1S/C16H19NO3/c1-20-14-7-5-11(6-8-14)16(19)17-10-13-4-2-3-12(13)9-15(17)18/h5-8,12-13H,2-4,9-10H2,1H3. The number of imide groups is 1. The van der Waals surface area contributed by atoms with Crippen molar-refractivity contribution in [3.63, 3.8) is 0 Å². The monoisotopic (exact) mass is 273 g/mol. The summed E-state index contributed by atoms with van der Waals surface area (Å²) in [5, 5.41) is 0. The minimum atomic E-state index is -0.178. The molecule has 1 saturated heterocycles. The van der Waals surface area contributed by atoms with Gasteiger partial charge in [0, 0.05) is 18.5 Å². The number of hydrogen-bond acceptors (Lipinski definition) is 3. The van der Waals surface area contributed by atoms with Crippen molar-refractivity contribution in [2.75, 3.05) is 13.7 Å². The van der Waals surface area contributed by atoms with E-state index in [9.17, 15) is 9.59 Å². The first kappa shape index (κ1) is 13.2. The normalized spacial score (nSPS) is 25.4. The Kier molecular flexibility index (Phi) is 3.47. The molecule has 2 unspecified atom stereocenters. The molecule has 0 radical (unpaired) electrons. The molecule has 2 aliphatic rings. The molecule has 1 heterocycles. The van der Waals surface area contributed by atoms with E-state index in [0.717, 1.165) is 12.8 Å². The molecule has 3 rings (SSSR count). The van der Waals surface area contributed by atoms with Crippen LogP contribution in [0.1, 0.15) is 36.0 Å². The van der Waals surface area contributed by atoms with Crippen molar-refractivity contribution < 1.29 is 14.3 Å². The van der Waals surface area contributed by atoms with Crippen LogP contribution in [0.5, 0.6) is 5.75 Å². The van der Waals surface area contributed by atoms with E-state index in [-0.39, 0.29) is 11.8 Å². The van der Waals surface area contributed by atoms with Crippen LogP contribution in [0.3, 0.4) is 0 Å². The molecule has 0 aromatic heterocycles. The van der Waals surface area contributed by atoms with E-state index in [2.05, 4.69) is 0 Å². The largest absolute Gasteiger partial charge is 0.497 e. The molecule has 0 N–H and O–H groups in total. The summed E-state index contributed by atoms with van der Waals surface area (Å²) >= 11 is 0. The summed E-state index contributed by atoms with van der Waals surface area (Å²) in [6.07, 6.45) is 4.01. The van der Waals surface area contributed by atoms with Crippen LogP contribution >= 0.6 is 0 Å². The van der Waals surface area contributed by atoms with Gasteiger partial charge in [-0.15, -0.1) is 0 Å². The molecule has 1 saturated carbocycles. The lowest BCUT2D eigenvalue weighted by atomic mass is 9.88. The van der Waals surface area contributed by atoms with E-state index >= 15 is 0 Å². The average molecular weight is 273 g/mol. The molecule has 2 fully saturated rings. The topological polar surface area (TPSA) is 46.6 Å². The number of benzene rings is 1. The Hall–Kier alpha value is -1.84. The zero-order valence-electron chi connectivity index (χ0n) is 11.7. The van der Waals surface area contributed by atoms with Gasteiger partial charge >= 0.3 is 0 Å². The summed E-state index contributed by atoms with van der Waals surface area (Å²) in [6.45, 7) is 0.592. The smallest absolute Gasteiger partial charge is 0.260 e. The molecule has 2 atom stereocenters. The molecule has 2 amide bonds. The second-order valence-electron chi connectivity index (χ2n) is 5.69. The molecule has 1 aromatic rings. The SMILES string of the molecule is COc1ccc(C(=O)N2CC3CCCC3CC2=O)cc1. The highest BCUT2D eigenvalue weighted by Crippen LogP contribution is 2.38. The Balaban J connectivity index is 1.76. The molecule has 1 aliphatic carbocycles. The first-order valence-corrected chi connectivity index (χ1v) is 7.18. The van der Waals surface area contributed by atoms with Gasteiger partial charge in [0.25, 0.3) is 5.91 Å². The molecule has 0 bridgehead atoms. The van der Waals surface area contributed by atoms with Gasteiger partial charge in [-0.05, 0) is 48.9 Å². The number of ether oxygens (including phenoxy) is 1. The van der Waals surface area contributed by atoms with Crippen LogP contribution < -0.4 is 4.74 Å². The predicted octanol–water partition coefficient (Wildman–Crippen LogP) is 2.48. The summed E-state index contributed by atoms with van der Waals surface area (Å²) in [5.74, 6) is 1.52. The van der Waals surface area contributed by atoms with Crippen LogP contribution in [-0.4, -0.2) is 30.4 Å². The number of carbonyl (C=O) groups excluding carboxylic acids is 2. The van der Waals surface area contributed by atoms with Crippen molar-refractivity contribution in [1.29, 1.82) is 0 Å². The van der Waals surface area contributed by atoms with Gasteiger partial charge in [0.05, 0.1) is 7.11 Å². The average Bonchev–Trinajstić information content (AvgIpc) is 2.93. The lowest BCUT2D eigenvalue weighted by Gasteiger charge is -2.33. The van der Waals surface area contributed by atoms with Crippen molar-refractivity contribution >= 4 is 11.8 Å². The molecule has 4 nitrogen and oxygen atoms in total. The Morgan fingerprint density at radius 2 is 1.90 bits per heavy atom. The van der Waals surface area contributed by atoms with Crippen molar-refractivity contribution in [1.82, 2.24) is 4.90 Å². The van der Waals surface area contributed by atoms with Crippen molar-refractivity contribution in [2.45, 2.75) is 25.7 Å². The number of hydrogen-bond donors (Lipinski definition) is 0. The third-order valence-electron chi connectivity index (χ3n) is 4.55. The lowest BCUT2D eigenvalue weighted by Crippen LogP contribution is -2.46. The summed E-state index contributed by atoms with van der Waals surface area (Å²) < 4.78 is 5.08. The highest BCUT2D eigenvalue weighted by molar-refractivity contribution is 6.05. The summed E-state index contributed by atoms with van der Waals surface area (Å²) in [6, 6.07) is 6.93. The van der Waals surface area contributed by atoms with Crippen LogP contribution in [0.4, 0.5) is 0 Å². The van der Waals surface area contributed by atoms with Gasteiger partial charge in [-0.3, -0.25) is 14.5 Å². The number of likely N-dealkylation sites (tertiary alicyclic amines) is 1. The van der Waals surface area contributed by atoms with E-state index in [1.165, 1.54) is 11.3 Å². The Labute approximate surface area is 118 Å². The quantitative estimate of drug-likeness (QED) is 0.778. The second kappa shape index (κ2) is 5.27. The van der Waals surface area contributed by atoms with Gasteiger partial charge in [0.15, 0.2) is 0 Å². The predicted molar refractivity (Wildman–Crippen MR) is 74.5 cm³/mol. The third-order valence-corrected chi connectivity index (χ3v) is 4.55. The maximum atomic E-state index is 12.5. The number of rotatable bonds is 2. The molecule has 20 heavy (non-hydrogen) atoms. The number of amides is 2. The molecule has 106 valence electrons. The van der Waals surface area contributed by atoms with Crippen LogP contribution in [-0.2, 0) is 4.79 Å².